The Balaban J connectivity index is 1.44. The van der Waals surface area contributed by atoms with Crippen LogP contribution in [0, 0.1) is 11.8 Å². The Morgan fingerprint density at radius 3 is 2.68 bits per heavy atom. The quantitative estimate of drug-likeness (QED) is 0.653. The fraction of sp³-hybridized carbons (Fsp3) is 0.409. The molecule has 3 atom stereocenters. The minimum atomic E-state index is -1.21. The fourth-order valence-corrected chi connectivity index (χ4v) is 6.54. The zero-order chi connectivity index (χ0) is 21.3. The average Bonchev–Trinajstić information content (AvgIpc) is 3.44. The third-order valence-corrected chi connectivity index (χ3v) is 8.03. The number of para-hydroxylation sites is 1. The van der Waals surface area contributed by atoms with Crippen LogP contribution in [0.2, 0.25) is 0 Å². The van der Waals surface area contributed by atoms with E-state index in [1.54, 1.807) is 6.21 Å². The van der Waals surface area contributed by atoms with E-state index in [0.29, 0.717) is 28.0 Å². The van der Waals surface area contributed by atoms with Crippen LogP contribution in [0.3, 0.4) is 0 Å². The van der Waals surface area contributed by atoms with Crippen molar-refractivity contribution in [2.75, 3.05) is 38.0 Å². The van der Waals surface area contributed by atoms with E-state index in [0.717, 1.165) is 42.9 Å². The SMILES string of the molecule is CCN1CC2CN(C3N=Cc4c(n5c(sc6ccccc65)c(C(=O)O)c4=O)N3)CC2C1. The van der Waals surface area contributed by atoms with Crippen LogP contribution in [0.5, 0.6) is 0 Å². The van der Waals surface area contributed by atoms with Crippen LogP contribution in [0.1, 0.15) is 22.8 Å². The van der Waals surface area contributed by atoms with Crippen molar-refractivity contribution in [3.8, 4) is 0 Å². The highest BCUT2D eigenvalue weighted by Gasteiger charge is 2.42. The summed E-state index contributed by atoms with van der Waals surface area (Å²) < 4.78 is 2.82. The molecule has 0 radical (unpaired) electrons. The van der Waals surface area contributed by atoms with Crippen molar-refractivity contribution in [3.63, 3.8) is 0 Å². The van der Waals surface area contributed by atoms with Gasteiger partial charge in [-0.1, -0.05) is 19.1 Å². The average molecular weight is 438 g/mol. The molecule has 5 heterocycles. The molecule has 0 bridgehead atoms. The molecule has 3 aliphatic heterocycles. The lowest BCUT2D eigenvalue weighted by atomic mass is 10.0. The Kier molecular flexibility index (Phi) is 4.21. The number of rotatable bonds is 3. The molecule has 2 aromatic heterocycles. The molecule has 160 valence electrons. The van der Waals surface area contributed by atoms with Gasteiger partial charge >= 0.3 is 5.97 Å². The van der Waals surface area contributed by atoms with Crippen LogP contribution < -0.4 is 10.7 Å². The third kappa shape index (κ3) is 2.77. The number of nitrogens with one attached hydrogen (secondary N) is 1. The predicted octanol–water partition coefficient (Wildman–Crippen LogP) is 2.22. The van der Waals surface area contributed by atoms with Crippen molar-refractivity contribution in [1.29, 1.82) is 0 Å². The number of carboxylic acid groups (broad SMARTS) is 1. The molecule has 2 N–H and O–H groups in total. The first-order valence-corrected chi connectivity index (χ1v) is 11.5. The van der Waals surface area contributed by atoms with Gasteiger partial charge in [0.25, 0.3) is 0 Å². The number of aromatic carboxylic acids is 1. The van der Waals surface area contributed by atoms with E-state index in [4.69, 9.17) is 0 Å². The van der Waals surface area contributed by atoms with Gasteiger partial charge in [0.1, 0.15) is 16.2 Å². The van der Waals surface area contributed by atoms with Crippen molar-refractivity contribution in [1.82, 2.24) is 14.2 Å². The van der Waals surface area contributed by atoms with E-state index >= 15 is 0 Å². The smallest absolute Gasteiger partial charge is 0.342 e. The zero-order valence-electron chi connectivity index (χ0n) is 17.1. The summed E-state index contributed by atoms with van der Waals surface area (Å²) in [4.78, 5) is 34.9. The van der Waals surface area contributed by atoms with E-state index in [-0.39, 0.29) is 11.9 Å². The molecule has 9 heteroatoms. The predicted molar refractivity (Wildman–Crippen MR) is 122 cm³/mol. The largest absolute Gasteiger partial charge is 0.477 e. The summed E-state index contributed by atoms with van der Waals surface area (Å²) in [5.74, 6) is 0.727. The van der Waals surface area contributed by atoms with Crippen LogP contribution in [0.4, 0.5) is 5.82 Å². The van der Waals surface area contributed by atoms with E-state index in [1.807, 2.05) is 28.7 Å². The number of hydrogen-bond acceptors (Lipinski definition) is 7. The molecule has 3 aliphatic rings. The lowest BCUT2D eigenvalue weighted by molar-refractivity contribution is 0.0697. The van der Waals surface area contributed by atoms with Crippen LogP contribution in [-0.2, 0) is 0 Å². The van der Waals surface area contributed by atoms with Gasteiger partial charge in [0.05, 0.1) is 15.8 Å². The first-order valence-electron chi connectivity index (χ1n) is 10.6. The number of nitrogens with zero attached hydrogens (tertiary/aromatic N) is 4. The monoisotopic (exact) mass is 437 g/mol. The van der Waals surface area contributed by atoms with Gasteiger partial charge in [-0.3, -0.25) is 19.1 Å². The van der Waals surface area contributed by atoms with E-state index in [1.165, 1.54) is 11.3 Å². The van der Waals surface area contributed by atoms with Crippen molar-refractivity contribution >= 4 is 44.4 Å². The summed E-state index contributed by atoms with van der Waals surface area (Å²) in [6.07, 6.45) is 1.31. The molecule has 0 aliphatic carbocycles. The molecular weight excluding hydrogens is 414 g/mol. The summed E-state index contributed by atoms with van der Waals surface area (Å²) in [5.41, 5.74) is 0.522. The highest BCUT2D eigenvalue weighted by molar-refractivity contribution is 7.24. The second kappa shape index (κ2) is 6.88. The van der Waals surface area contributed by atoms with Crippen LogP contribution in [0.25, 0.3) is 15.0 Å². The lowest BCUT2D eigenvalue weighted by Crippen LogP contribution is -2.43. The molecule has 3 aromatic rings. The number of aromatic nitrogens is 1. The van der Waals surface area contributed by atoms with Crippen LogP contribution >= 0.6 is 11.3 Å². The van der Waals surface area contributed by atoms with Gasteiger partial charge in [0.15, 0.2) is 6.29 Å². The summed E-state index contributed by atoms with van der Waals surface area (Å²) in [7, 11) is 0. The molecule has 0 saturated carbocycles. The number of likely N-dealkylation sites (tertiary alicyclic amines) is 2. The molecule has 0 spiro atoms. The number of pyridine rings is 1. The van der Waals surface area contributed by atoms with Crippen molar-refractivity contribution in [3.05, 3.63) is 45.6 Å². The molecule has 3 unspecified atom stereocenters. The van der Waals surface area contributed by atoms with Crippen LogP contribution in [0.15, 0.2) is 34.1 Å². The minimum absolute atomic E-state index is 0.193. The molecule has 1 aromatic carbocycles. The maximum Gasteiger partial charge on any atom is 0.342 e. The first-order chi connectivity index (χ1) is 15.0. The summed E-state index contributed by atoms with van der Waals surface area (Å²) in [6, 6.07) is 7.75. The second-order valence-corrected chi connectivity index (χ2v) is 9.63. The van der Waals surface area contributed by atoms with Gasteiger partial charge in [-0.2, -0.15) is 0 Å². The number of benzene rings is 1. The Hall–Kier alpha value is -2.75. The van der Waals surface area contributed by atoms with E-state index in [2.05, 4.69) is 27.0 Å². The Bertz CT molecular complexity index is 1300. The number of thiazole rings is 1. The van der Waals surface area contributed by atoms with E-state index in [9.17, 15) is 14.7 Å². The normalized spacial score (nSPS) is 25.8. The zero-order valence-corrected chi connectivity index (χ0v) is 17.9. The molecule has 8 nitrogen and oxygen atoms in total. The summed E-state index contributed by atoms with van der Waals surface area (Å²) >= 11 is 1.33. The number of anilines is 1. The summed E-state index contributed by atoms with van der Waals surface area (Å²) in [6.45, 7) is 7.51. The van der Waals surface area contributed by atoms with Gasteiger partial charge in [0.2, 0.25) is 5.43 Å². The van der Waals surface area contributed by atoms with Gasteiger partial charge < -0.3 is 15.3 Å². The maximum atomic E-state index is 13.1. The van der Waals surface area contributed by atoms with Crippen molar-refractivity contribution in [2.45, 2.75) is 13.2 Å². The maximum absolute atomic E-state index is 13.1. The number of carbonyl (C=O) groups is 1. The molecule has 31 heavy (non-hydrogen) atoms. The van der Waals surface area contributed by atoms with E-state index < -0.39 is 11.4 Å². The van der Waals surface area contributed by atoms with Crippen molar-refractivity contribution < 1.29 is 9.90 Å². The molecular formula is C22H23N5O3S. The van der Waals surface area contributed by atoms with Gasteiger partial charge in [0, 0.05) is 32.4 Å². The topological polar surface area (TPSA) is 89.7 Å². The molecule has 6 rings (SSSR count). The Morgan fingerprint density at radius 1 is 1.23 bits per heavy atom. The van der Waals surface area contributed by atoms with Gasteiger partial charge in [-0.05, 0) is 30.5 Å². The number of fused-ring (bicyclic) bond motifs is 6. The standard InChI is InChI=1S/C22H23N5O3S/c1-2-25-8-12-10-26(11-13(12)9-25)22-23-7-14-18(28)17(21(29)30)20-27(19(14)24-22)15-5-3-4-6-16(15)31-20/h3-7,12-13,22,24H,2,8-11H2,1H3,(H,29,30). The van der Waals surface area contributed by atoms with Crippen LogP contribution in [-0.4, -0.2) is 70.5 Å². The highest BCUT2D eigenvalue weighted by Crippen LogP contribution is 2.36. The minimum Gasteiger partial charge on any atom is -0.477 e. The number of aliphatic imine (C=N–C) groups is 1. The second-order valence-electron chi connectivity index (χ2n) is 8.60. The highest BCUT2D eigenvalue weighted by atomic mass is 32.1. The third-order valence-electron chi connectivity index (χ3n) is 6.89. The Morgan fingerprint density at radius 2 is 1.97 bits per heavy atom. The molecule has 2 saturated heterocycles. The fourth-order valence-electron chi connectivity index (χ4n) is 5.36. The first kappa shape index (κ1) is 19.0. The van der Waals surface area contributed by atoms with Crippen molar-refractivity contribution in [2.24, 2.45) is 16.8 Å². The lowest BCUT2D eigenvalue weighted by Gasteiger charge is -2.31. The molecule has 0 amide bonds. The number of hydrogen-bond donors (Lipinski definition) is 2. The number of carboxylic acids is 1. The van der Waals surface area contributed by atoms with Gasteiger partial charge in [-0.25, -0.2) is 4.79 Å². The summed E-state index contributed by atoms with van der Waals surface area (Å²) in [5, 5.41) is 13.2. The molecule has 2 fully saturated rings. The van der Waals surface area contributed by atoms with Gasteiger partial charge in [-0.15, -0.1) is 11.3 Å². The Labute approximate surface area is 182 Å².